The summed E-state index contributed by atoms with van der Waals surface area (Å²) in [6.07, 6.45) is 6.65. The Morgan fingerprint density at radius 1 is 0.429 bits per heavy atom. The standard InChI is InChI=1S/C45H25F5N6/c1-24-32(55-33-10-4-2-8-27(33)30-22-25(12-15-35(30)55)44-51-18-6-19-52-44)17-14-29(37-38(46)40(48)42(50)41(49)39(37)47)43(24)56-34-11-5-3-9-28(34)31-23-26(13-16-36(31)56)45-53-20-7-21-54-45/h2-23H,1H3. The molecule has 11 heteroatoms. The molecule has 0 saturated carbocycles. The molecule has 0 atom stereocenters. The van der Waals surface area contributed by atoms with Gasteiger partial charge in [0.25, 0.3) is 0 Å². The van der Waals surface area contributed by atoms with E-state index in [-0.39, 0.29) is 11.3 Å². The molecule has 56 heavy (non-hydrogen) atoms. The summed E-state index contributed by atoms with van der Waals surface area (Å²) in [6.45, 7) is 1.79. The summed E-state index contributed by atoms with van der Waals surface area (Å²) in [4.78, 5) is 17.7. The lowest BCUT2D eigenvalue weighted by molar-refractivity contribution is 0.381. The molecule has 4 aromatic heterocycles. The Bertz CT molecular complexity index is 3180. The fourth-order valence-electron chi connectivity index (χ4n) is 7.88. The van der Waals surface area contributed by atoms with Crippen molar-refractivity contribution in [2.75, 3.05) is 0 Å². The third-order valence-electron chi connectivity index (χ3n) is 10.3. The Hall–Kier alpha value is -7.27. The van der Waals surface area contributed by atoms with Gasteiger partial charge in [0.05, 0.1) is 39.0 Å². The molecule has 10 rings (SSSR count). The average molecular weight is 745 g/mol. The van der Waals surface area contributed by atoms with Crippen LogP contribution in [-0.2, 0) is 0 Å². The van der Waals surface area contributed by atoms with Gasteiger partial charge in [0.2, 0.25) is 5.82 Å². The van der Waals surface area contributed by atoms with Crippen molar-refractivity contribution in [3.63, 3.8) is 0 Å². The minimum absolute atomic E-state index is 0.179. The van der Waals surface area contributed by atoms with E-state index in [4.69, 9.17) is 0 Å². The molecule has 10 aromatic rings. The summed E-state index contributed by atoms with van der Waals surface area (Å²) in [5, 5.41) is 3.40. The molecule has 0 aliphatic carbocycles. The first kappa shape index (κ1) is 33.3. The van der Waals surface area contributed by atoms with Gasteiger partial charge >= 0.3 is 0 Å². The van der Waals surface area contributed by atoms with Crippen molar-refractivity contribution in [1.29, 1.82) is 0 Å². The van der Waals surface area contributed by atoms with E-state index in [9.17, 15) is 4.39 Å². The molecule has 0 fully saturated rings. The lowest BCUT2D eigenvalue weighted by Crippen LogP contribution is -2.09. The third-order valence-corrected chi connectivity index (χ3v) is 10.3. The fourth-order valence-corrected chi connectivity index (χ4v) is 7.88. The molecule has 0 N–H and O–H groups in total. The normalized spacial score (nSPS) is 11.8. The van der Waals surface area contributed by atoms with Crippen LogP contribution < -0.4 is 0 Å². The highest BCUT2D eigenvalue weighted by atomic mass is 19.2. The zero-order chi connectivity index (χ0) is 38.2. The van der Waals surface area contributed by atoms with Gasteiger partial charge in [-0.3, -0.25) is 0 Å². The van der Waals surface area contributed by atoms with Crippen LogP contribution >= 0.6 is 0 Å². The second-order valence-corrected chi connectivity index (χ2v) is 13.4. The van der Waals surface area contributed by atoms with Crippen molar-refractivity contribution in [2.45, 2.75) is 6.92 Å². The Kier molecular flexibility index (Phi) is 7.53. The van der Waals surface area contributed by atoms with Crippen molar-refractivity contribution in [3.8, 4) is 45.3 Å². The van der Waals surface area contributed by atoms with Crippen molar-refractivity contribution in [3.05, 3.63) is 169 Å². The van der Waals surface area contributed by atoms with E-state index in [2.05, 4.69) is 19.9 Å². The number of para-hydroxylation sites is 2. The summed E-state index contributed by atoms with van der Waals surface area (Å²) < 4.78 is 80.2. The number of benzene rings is 6. The van der Waals surface area contributed by atoms with Crippen LogP contribution in [0.15, 0.2) is 134 Å². The van der Waals surface area contributed by atoms with Gasteiger partial charge in [0, 0.05) is 63.0 Å². The maximum Gasteiger partial charge on any atom is 0.200 e. The van der Waals surface area contributed by atoms with Crippen molar-refractivity contribution in [1.82, 2.24) is 29.1 Å². The molecule has 6 aromatic carbocycles. The third kappa shape index (κ3) is 4.86. The predicted octanol–water partition coefficient (Wildman–Crippen LogP) is 11.5. The summed E-state index contributed by atoms with van der Waals surface area (Å²) >= 11 is 0. The van der Waals surface area contributed by atoms with E-state index < -0.39 is 34.6 Å². The van der Waals surface area contributed by atoms with Crippen LogP contribution in [-0.4, -0.2) is 29.1 Å². The molecule has 0 saturated heterocycles. The number of aromatic nitrogens is 6. The van der Waals surface area contributed by atoms with Gasteiger partial charge < -0.3 is 9.13 Å². The van der Waals surface area contributed by atoms with Gasteiger partial charge in [0.1, 0.15) is 0 Å². The molecule has 0 radical (unpaired) electrons. The molecule has 6 nitrogen and oxygen atoms in total. The first-order valence-electron chi connectivity index (χ1n) is 17.6. The second-order valence-electron chi connectivity index (χ2n) is 13.4. The Morgan fingerprint density at radius 2 is 0.875 bits per heavy atom. The van der Waals surface area contributed by atoms with Crippen LogP contribution in [0.5, 0.6) is 0 Å². The van der Waals surface area contributed by atoms with Gasteiger partial charge in [-0.15, -0.1) is 0 Å². The first-order chi connectivity index (χ1) is 27.3. The van der Waals surface area contributed by atoms with Gasteiger partial charge in [-0.25, -0.2) is 41.9 Å². The van der Waals surface area contributed by atoms with Crippen molar-refractivity contribution in [2.24, 2.45) is 0 Å². The van der Waals surface area contributed by atoms with E-state index in [1.807, 2.05) is 94.1 Å². The van der Waals surface area contributed by atoms with Crippen molar-refractivity contribution >= 4 is 43.6 Å². The number of fused-ring (bicyclic) bond motifs is 6. The van der Waals surface area contributed by atoms with E-state index in [1.54, 1.807) is 49.9 Å². The van der Waals surface area contributed by atoms with Gasteiger partial charge in [-0.2, -0.15) is 0 Å². The zero-order valence-electron chi connectivity index (χ0n) is 29.3. The molecular weight excluding hydrogens is 720 g/mol. The SMILES string of the molecule is Cc1c(-n2c3ccccc3c3cc(-c4ncccn4)ccc32)ccc(-c2c(F)c(F)c(F)c(F)c2F)c1-n1c2ccccc2c2cc(-c3ncccn3)ccc21. The van der Waals surface area contributed by atoms with Gasteiger partial charge in [-0.1, -0.05) is 36.4 Å². The van der Waals surface area contributed by atoms with Crippen LogP contribution in [0.3, 0.4) is 0 Å². The molecule has 0 aliphatic rings. The molecule has 0 spiro atoms. The largest absolute Gasteiger partial charge is 0.309 e. The highest BCUT2D eigenvalue weighted by Crippen LogP contribution is 2.44. The lowest BCUT2D eigenvalue weighted by Gasteiger charge is -2.22. The van der Waals surface area contributed by atoms with Crippen molar-refractivity contribution < 1.29 is 22.0 Å². The number of nitrogens with zero attached hydrogens (tertiary/aromatic N) is 6. The monoisotopic (exact) mass is 744 g/mol. The molecular formula is C45H25F5N6. The number of rotatable bonds is 5. The summed E-state index contributed by atoms with van der Waals surface area (Å²) in [5.74, 6) is -9.07. The molecule has 0 aliphatic heterocycles. The van der Waals surface area contributed by atoms with Crippen LogP contribution in [0.4, 0.5) is 22.0 Å². The van der Waals surface area contributed by atoms with E-state index in [0.717, 1.165) is 43.7 Å². The van der Waals surface area contributed by atoms with Gasteiger partial charge in [0.15, 0.2) is 34.9 Å². The smallest absolute Gasteiger partial charge is 0.200 e. The summed E-state index contributed by atoms with van der Waals surface area (Å²) in [7, 11) is 0. The topological polar surface area (TPSA) is 61.4 Å². The maximum absolute atomic E-state index is 15.9. The number of halogens is 5. The molecule has 0 bridgehead atoms. The number of hydrogen-bond donors (Lipinski definition) is 0. The quantitative estimate of drug-likeness (QED) is 0.100. The summed E-state index contributed by atoms with van der Waals surface area (Å²) in [5.41, 5.74) is 4.65. The zero-order valence-corrected chi connectivity index (χ0v) is 29.3. The van der Waals surface area contributed by atoms with E-state index in [0.29, 0.717) is 33.9 Å². The molecule has 0 unspecified atom stereocenters. The van der Waals surface area contributed by atoms with Crippen LogP contribution in [0.2, 0.25) is 0 Å². The highest BCUT2D eigenvalue weighted by Gasteiger charge is 2.31. The van der Waals surface area contributed by atoms with Crippen LogP contribution in [0, 0.1) is 36.0 Å². The average Bonchev–Trinajstić information content (AvgIpc) is 3.75. The predicted molar refractivity (Wildman–Crippen MR) is 207 cm³/mol. The second kappa shape index (κ2) is 12.7. The van der Waals surface area contributed by atoms with E-state index in [1.165, 1.54) is 6.07 Å². The number of hydrogen-bond acceptors (Lipinski definition) is 4. The Labute approximate surface area is 314 Å². The Morgan fingerprint density at radius 3 is 1.41 bits per heavy atom. The van der Waals surface area contributed by atoms with Crippen LogP contribution in [0.25, 0.3) is 88.9 Å². The van der Waals surface area contributed by atoms with Gasteiger partial charge in [-0.05, 0) is 85.3 Å². The first-order valence-corrected chi connectivity index (χ1v) is 17.6. The fraction of sp³-hybridized carbons (Fsp3) is 0.0222. The van der Waals surface area contributed by atoms with E-state index >= 15 is 17.6 Å². The minimum atomic E-state index is -2.23. The molecule has 270 valence electrons. The lowest BCUT2D eigenvalue weighted by atomic mass is 9.96. The minimum Gasteiger partial charge on any atom is -0.309 e. The molecule has 0 amide bonds. The highest BCUT2D eigenvalue weighted by molar-refractivity contribution is 6.12. The maximum atomic E-state index is 15.9. The summed E-state index contributed by atoms with van der Waals surface area (Å²) in [6, 6.07) is 33.4. The molecule has 4 heterocycles. The Balaban J connectivity index is 1.32. The van der Waals surface area contributed by atoms with Crippen LogP contribution in [0.1, 0.15) is 5.56 Å².